The Bertz CT molecular complexity index is 810. The molecule has 2 N–H and O–H groups in total. The average Bonchev–Trinajstić information content (AvgIpc) is 3.13. The second-order valence-corrected chi connectivity index (χ2v) is 5.87. The Labute approximate surface area is 148 Å². The Morgan fingerprint density at radius 2 is 2.04 bits per heavy atom. The number of rotatable bonds is 5. The van der Waals surface area contributed by atoms with Crippen LogP contribution in [-0.4, -0.2) is 33.9 Å². The molecule has 1 aliphatic heterocycles. The quantitative estimate of drug-likeness (QED) is 0.620. The number of carbonyl (C=O) groups excluding carboxylic acids is 1. The summed E-state index contributed by atoms with van der Waals surface area (Å²) in [6, 6.07) is 6.34. The molecule has 1 saturated heterocycles. The number of carbonyl (C=O) groups is 1. The van der Waals surface area contributed by atoms with E-state index in [9.17, 15) is 14.9 Å². The number of nitrogens with one attached hydrogen (secondary N) is 2. The Balaban J connectivity index is 1.81. The maximum Gasteiger partial charge on any atom is 0.355 e. The van der Waals surface area contributed by atoms with Crippen LogP contribution in [0, 0.1) is 10.1 Å². The van der Waals surface area contributed by atoms with Gasteiger partial charge in [-0.15, -0.1) is 0 Å². The van der Waals surface area contributed by atoms with Crippen LogP contribution in [0.25, 0.3) is 0 Å². The van der Waals surface area contributed by atoms with Crippen LogP contribution < -0.4 is 15.8 Å². The summed E-state index contributed by atoms with van der Waals surface area (Å²) in [6.45, 7) is 1.40. The standard InChI is InChI=1S/C15H15ClN6O3/c16-11-5-3-4-10(8-11)15(23)20-19-13-12(22(24)25)14(18-9-17-13)21-6-1-2-7-21/h3-5,8-9H,1-2,6-7H2,(H,20,23)(H,17,18,19). The van der Waals surface area contributed by atoms with Crippen molar-refractivity contribution >= 4 is 34.8 Å². The summed E-state index contributed by atoms with van der Waals surface area (Å²) in [5, 5.41) is 11.9. The van der Waals surface area contributed by atoms with Crippen LogP contribution in [-0.2, 0) is 0 Å². The summed E-state index contributed by atoms with van der Waals surface area (Å²) in [5.41, 5.74) is 4.96. The van der Waals surface area contributed by atoms with Crippen LogP contribution in [0.1, 0.15) is 23.2 Å². The second kappa shape index (κ2) is 7.31. The van der Waals surface area contributed by atoms with Crippen molar-refractivity contribution < 1.29 is 9.72 Å². The molecule has 2 heterocycles. The van der Waals surface area contributed by atoms with Gasteiger partial charge in [-0.3, -0.25) is 25.8 Å². The number of benzene rings is 1. The van der Waals surface area contributed by atoms with Crippen LogP contribution in [0.15, 0.2) is 30.6 Å². The number of nitrogens with zero attached hydrogens (tertiary/aromatic N) is 4. The van der Waals surface area contributed by atoms with Crippen LogP contribution in [0.4, 0.5) is 17.3 Å². The van der Waals surface area contributed by atoms with Gasteiger partial charge in [-0.05, 0) is 31.0 Å². The zero-order chi connectivity index (χ0) is 17.8. The van der Waals surface area contributed by atoms with Gasteiger partial charge >= 0.3 is 5.69 Å². The molecule has 130 valence electrons. The van der Waals surface area contributed by atoms with Gasteiger partial charge in [0.05, 0.1) is 4.92 Å². The fourth-order valence-electron chi connectivity index (χ4n) is 2.61. The van der Waals surface area contributed by atoms with Crippen molar-refractivity contribution in [3.8, 4) is 0 Å². The predicted octanol–water partition coefficient (Wildman–Crippen LogP) is 2.40. The first kappa shape index (κ1) is 16.9. The van der Waals surface area contributed by atoms with Gasteiger partial charge < -0.3 is 4.90 Å². The summed E-state index contributed by atoms with van der Waals surface area (Å²) in [5.74, 6) is -0.313. The third-order valence-electron chi connectivity index (χ3n) is 3.77. The second-order valence-electron chi connectivity index (χ2n) is 5.44. The lowest BCUT2D eigenvalue weighted by molar-refractivity contribution is -0.383. The van der Waals surface area contributed by atoms with Crippen LogP contribution >= 0.6 is 11.6 Å². The third-order valence-corrected chi connectivity index (χ3v) is 4.01. The number of amides is 1. The van der Waals surface area contributed by atoms with E-state index in [1.165, 1.54) is 12.4 Å². The summed E-state index contributed by atoms with van der Waals surface area (Å²) in [6.07, 6.45) is 3.14. The van der Waals surface area contributed by atoms with Gasteiger partial charge in [-0.25, -0.2) is 9.97 Å². The highest BCUT2D eigenvalue weighted by atomic mass is 35.5. The minimum Gasteiger partial charge on any atom is -0.351 e. The molecule has 0 saturated carbocycles. The molecule has 0 aliphatic carbocycles. The summed E-state index contributed by atoms with van der Waals surface area (Å²) >= 11 is 5.85. The molecule has 0 atom stereocenters. The molecule has 1 aromatic carbocycles. The van der Waals surface area contributed by atoms with E-state index in [2.05, 4.69) is 20.8 Å². The highest BCUT2D eigenvalue weighted by molar-refractivity contribution is 6.30. The Hall–Kier alpha value is -2.94. The van der Waals surface area contributed by atoms with Crippen molar-refractivity contribution in [1.82, 2.24) is 15.4 Å². The van der Waals surface area contributed by atoms with Gasteiger partial charge in [0.2, 0.25) is 11.6 Å². The van der Waals surface area contributed by atoms with Crippen molar-refractivity contribution in [3.63, 3.8) is 0 Å². The van der Waals surface area contributed by atoms with Crippen LogP contribution in [0.5, 0.6) is 0 Å². The molecule has 1 aliphatic rings. The molecular weight excluding hydrogens is 348 g/mol. The van der Waals surface area contributed by atoms with Crippen molar-refractivity contribution in [2.24, 2.45) is 0 Å². The minimum atomic E-state index is -0.554. The fraction of sp³-hybridized carbons (Fsp3) is 0.267. The molecule has 0 bridgehead atoms. The monoisotopic (exact) mass is 362 g/mol. The molecule has 25 heavy (non-hydrogen) atoms. The third kappa shape index (κ3) is 3.77. The maximum absolute atomic E-state index is 12.1. The number of aromatic nitrogens is 2. The van der Waals surface area contributed by atoms with Gasteiger partial charge in [0.25, 0.3) is 5.91 Å². The lowest BCUT2D eigenvalue weighted by atomic mass is 10.2. The molecule has 1 aromatic heterocycles. The molecule has 0 radical (unpaired) electrons. The Morgan fingerprint density at radius 3 is 2.72 bits per heavy atom. The zero-order valence-electron chi connectivity index (χ0n) is 13.1. The topological polar surface area (TPSA) is 113 Å². The smallest absolute Gasteiger partial charge is 0.351 e. The average molecular weight is 363 g/mol. The lowest BCUT2D eigenvalue weighted by Gasteiger charge is -2.17. The molecule has 10 heteroatoms. The van der Waals surface area contributed by atoms with E-state index in [-0.39, 0.29) is 17.3 Å². The molecule has 1 fully saturated rings. The van der Waals surface area contributed by atoms with E-state index in [1.807, 2.05) is 4.90 Å². The minimum absolute atomic E-state index is 0.0720. The van der Waals surface area contributed by atoms with Gasteiger partial charge in [-0.1, -0.05) is 17.7 Å². The zero-order valence-corrected chi connectivity index (χ0v) is 13.9. The van der Waals surface area contributed by atoms with E-state index < -0.39 is 10.8 Å². The largest absolute Gasteiger partial charge is 0.355 e. The number of hydrogen-bond acceptors (Lipinski definition) is 7. The van der Waals surface area contributed by atoms with Crippen molar-refractivity contribution in [2.75, 3.05) is 23.4 Å². The van der Waals surface area contributed by atoms with E-state index in [4.69, 9.17) is 11.6 Å². The summed E-state index contributed by atoms with van der Waals surface area (Å²) in [7, 11) is 0. The molecule has 2 aromatic rings. The molecule has 9 nitrogen and oxygen atoms in total. The highest BCUT2D eigenvalue weighted by Gasteiger charge is 2.28. The van der Waals surface area contributed by atoms with Gasteiger partial charge in [0.1, 0.15) is 6.33 Å². The van der Waals surface area contributed by atoms with E-state index >= 15 is 0 Å². The first-order chi connectivity index (χ1) is 12.1. The molecule has 3 rings (SSSR count). The SMILES string of the molecule is O=C(NNc1ncnc(N2CCCC2)c1[N+](=O)[O-])c1cccc(Cl)c1. The number of hydrazine groups is 1. The van der Waals surface area contributed by atoms with Gasteiger partial charge in [0, 0.05) is 23.7 Å². The van der Waals surface area contributed by atoms with Gasteiger partial charge in [0.15, 0.2) is 0 Å². The van der Waals surface area contributed by atoms with Crippen molar-refractivity contribution in [1.29, 1.82) is 0 Å². The molecule has 0 unspecified atom stereocenters. The summed E-state index contributed by atoms with van der Waals surface area (Å²) < 4.78 is 0. The van der Waals surface area contributed by atoms with Crippen molar-refractivity contribution in [3.05, 3.63) is 51.3 Å². The number of anilines is 2. The van der Waals surface area contributed by atoms with E-state index in [0.29, 0.717) is 23.7 Å². The van der Waals surface area contributed by atoms with E-state index in [0.717, 1.165) is 12.8 Å². The number of hydrogen-bond donors (Lipinski definition) is 2. The molecule has 1 amide bonds. The molecule has 0 spiro atoms. The fourth-order valence-corrected chi connectivity index (χ4v) is 2.80. The lowest BCUT2D eigenvalue weighted by Crippen LogP contribution is -2.31. The number of nitro groups is 1. The normalized spacial score (nSPS) is 13.6. The Kier molecular flexibility index (Phi) is 4.94. The van der Waals surface area contributed by atoms with Crippen molar-refractivity contribution in [2.45, 2.75) is 12.8 Å². The first-order valence-corrected chi connectivity index (χ1v) is 8.00. The highest BCUT2D eigenvalue weighted by Crippen LogP contribution is 2.33. The Morgan fingerprint density at radius 1 is 1.28 bits per heavy atom. The maximum atomic E-state index is 12.1. The number of halogens is 1. The molecular formula is C15H15ClN6O3. The van der Waals surface area contributed by atoms with E-state index in [1.54, 1.807) is 18.2 Å². The predicted molar refractivity (Wildman–Crippen MR) is 92.7 cm³/mol. The van der Waals surface area contributed by atoms with Crippen LogP contribution in [0.3, 0.4) is 0 Å². The first-order valence-electron chi connectivity index (χ1n) is 7.62. The van der Waals surface area contributed by atoms with Gasteiger partial charge in [-0.2, -0.15) is 0 Å². The summed E-state index contributed by atoms with van der Waals surface area (Å²) in [4.78, 5) is 32.8. The van der Waals surface area contributed by atoms with Crippen LogP contribution in [0.2, 0.25) is 5.02 Å².